The Kier molecular flexibility index (Phi) is 3.58. The van der Waals surface area contributed by atoms with Gasteiger partial charge in [0, 0.05) is 12.5 Å². The summed E-state index contributed by atoms with van der Waals surface area (Å²) in [7, 11) is 0. The van der Waals surface area contributed by atoms with E-state index in [9.17, 15) is 0 Å². The third kappa shape index (κ3) is 2.23. The van der Waals surface area contributed by atoms with E-state index in [1.165, 1.54) is 19.3 Å². The predicted molar refractivity (Wildman–Crippen MR) is 51.1 cm³/mol. The van der Waals surface area contributed by atoms with E-state index in [1.807, 2.05) is 0 Å². The van der Waals surface area contributed by atoms with Gasteiger partial charge in [-0.25, -0.2) is 0 Å². The lowest BCUT2D eigenvalue weighted by atomic mass is 9.95. The summed E-state index contributed by atoms with van der Waals surface area (Å²) < 4.78 is 0. The van der Waals surface area contributed by atoms with Crippen molar-refractivity contribution < 1.29 is 0 Å². The summed E-state index contributed by atoms with van der Waals surface area (Å²) in [5.41, 5.74) is 2.82. The summed E-state index contributed by atoms with van der Waals surface area (Å²) in [6.45, 7) is 2.30. The van der Waals surface area contributed by atoms with Crippen LogP contribution < -0.4 is 11.3 Å². The molecule has 1 aliphatic rings. The Labute approximate surface area is 74.9 Å². The maximum Gasteiger partial charge on any atom is 0.0348 e. The molecule has 1 saturated carbocycles. The van der Waals surface area contributed by atoms with Gasteiger partial charge in [0.1, 0.15) is 0 Å². The maximum absolute atomic E-state index is 5.44. The van der Waals surface area contributed by atoms with Gasteiger partial charge in [0.25, 0.3) is 0 Å². The monoisotopic (exact) mass is 166 g/mol. The topological polar surface area (TPSA) is 38.0 Å². The highest BCUT2D eigenvalue weighted by Gasteiger charge is 2.27. The van der Waals surface area contributed by atoms with Crippen LogP contribution in [0.25, 0.3) is 0 Å². The minimum atomic E-state index is 0.333. The summed E-state index contributed by atoms with van der Waals surface area (Å²) >= 11 is 0. The molecule has 0 bridgehead atoms. The Bertz CT molecular complexity index is 171. The van der Waals surface area contributed by atoms with Gasteiger partial charge < -0.3 is 0 Å². The zero-order chi connectivity index (χ0) is 8.97. The SMILES string of the molecule is C#CCC(NN)C1CCC(C)C1. The van der Waals surface area contributed by atoms with Crippen LogP contribution in [0.15, 0.2) is 0 Å². The van der Waals surface area contributed by atoms with Gasteiger partial charge in [-0.15, -0.1) is 12.3 Å². The van der Waals surface area contributed by atoms with Gasteiger partial charge >= 0.3 is 0 Å². The number of rotatable bonds is 3. The molecule has 0 radical (unpaired) electrons. The summed E-state index contributed by atoms with van der Waals surface area (Å²) in [4.78, 5) is 0. The summed E-state index contributed by atoms with van der Waals surface area (Å²) in [6.07, 6.45) is 9.90. The molecule has 2 heteroatoms. The third-order valence-corrected chi connectivity index (χ3v) is 2.86. The zero-order valence-corrected chi connectivity index (χ0v) is 7.72. The summed E-state index contributed by atoms with van der Waals surface area (Å²) in [5, 5.41) is 0. The van der Waals surface area contributed by atoms with Crippen LogP contribution in [0.3, 0.4) is 0 Å². The first kappa shape index (κ1) is 9.57. The first-order chi connectivity index (χ1) is 5.77. The lowest BCUT2D eigenvalue weighted by Gasteiger charge is -2.20. The molecule has 0 heterocycles. The molecule has 1 rings (SSSR count). The van der Waals surface area contributed by atoms with Crippen LogP contribution in [0.4, 0.5) is 0 Å². The highest BCUT2D eigenvalue weighted by molar-refractivity contribution is 4.93. The summed E-state index contributed by atoms with van der Waals surface area (Å²) in [6, 6.07) is 0.333. The highest BCUT2D eigenvalue weighted by atomic mass is 15.2. The van der Waals surface area contributed by atoms with E-state index in [-0.39, 0.29) is 0 Å². The van der Waals surface area contributed by atoms with Gasteiger partial charge in [-0.3, -0.25) is 11.3 Å². The van der Waals surface area contributed by atoms with E-state index in [0.29, 0.717) is 12.0 Å². The number of terminal acetylenes is 1. The van der Waals surface area contributed by atoms with Crippen molar-refractivity contribution in [1.29, 1.82) is 0 Å². The first-order valence-corrected chi connectivity index (χ1v) is 4.67. The first-order valence-electron chi connectivity index (χ1n) is 4.67. The van der Waals surface area contributed by atoms with E-state index in [0.717, 1.165) is 12.3 Å². The lowest BCUT2D eigenvalue weighted by Crippen LogP contribution is -2.39. The minimum Gasteiger partial charge on any atom is -0.271 e. The standard InChI is InChI=1S/C10H18N2/c1-3-4-10(12-11)9-6-5-8(2)7-9/h1,8-10,12H,4-7,11H2,2H3. The van der Waals surface area contributed by atoms with Crippen molar-refractivity contribution >= 4 is 0 Å². The van der Waals surface area contributed by atoms with E-state index < -0.39 is 0 Å². The van der Waals surface area contributed by atoms with Crippen LogP contribution in [-0.4, -0.2) is 6.04 Å². The number of nitrogens with two attached hydrogens (primary N) is 1. The van der Waals surface area contributed by atoms with Gasteiger partial charge in [-0.05, 0) is 24.7 Å². The van der Waals surface area contributed by atoms with Crippen molar-refractivity contribution in [3.05, 3.63) is 0 Å². The second-order valence-corrected chi connectivity index (χ2v) is 3.86. The Morgan fingerprint density at radius 3 is 2.83 bits per heavy atom. The molecule has 1 fully saturated rings. The van der Waals surface area contributed by atoms with E-state index in [2.05, 4.69) is 18.3 Å². The molecule has 0 aromatic heterocycles. The molecule has 12 heavy (non-hydrogen) atoms. The largest absolute Gasteiger partial charge is 0.271 e. The number of nitrogens with one attached hydrogen (secondary N) is 1. The molecule has 0 amide bonds. The van der Waals surface area contributed by atoms with Crippen LogP contribution in [0, 0.1) is 24.2 Å². The predicted octanol–water partition coefficient (Wildman–Crippen LogP) is 1.28. The fourth-order valence-corrected chi connectivity index (χ4v) is 2.11. The Hall–Kier alpha value is -0.520. The van der Waals surface area contributed by atoms with Crippen molar-refractivity contribution in [2.45, 2.75) is 38.6 Å². The molecule has 68 valence electrons. The van der Waals surface area contributed by atoms with Crippen molar-refractivity contribution in [1.82, 2.24) is 5.43 Å². The molecule has 0 saturated heterocycles. The van der Waals surface area contributed by atoms with E-state index in [1.54, 1.807) is 0 Å². The fourth-order valence-electron chi connectivity index (χ4n) is 2.11. The molecule has 2 nitrogen and oxygen atoms in total. The van der Waals surface area contributed by atoms with Crippen LogP contribution >= 0.6 is 0 Å². The molecule has 0 spiro atoms. The highest BCUT2D eigenvalue weighted by Crippen LogP contribution is 2.33. The normalized spacial score (nSPS) is 31.4. The van der Waals surface area contributed by atoms with Crippen LogP contribution in [0.1, 0.15) is 32.6 Å². The lowest BCUT2D eigenvalue weighted by molar-refractivity contribution is 0.360. The fraction of sp³-hybridized carbons (Fsp3) is 0.800. The molecule has 0 aromatic rings. The quantitative estimate of drug-likeness (QED) is 0.376. The Balaban J connectivity index is 2.39. The average Bonchev–Trinajstić information content (AvgIpc) is 2.47. The molecule has 1 aliphatic carbocycles. The molecule has 3 N–H and O–H groups in total. The van der Waals surface area contributed by atoms with Crippen molar-refractivity contribution in [2.24, 2.45) is 17.7 Å². The number of hydrogen-bond donors (Lipinski definition) is 2. The molecule has 3 unspecified atom stereocenters. The average molecular weight is 166 g/mol. The minimum absolute atomic E-state index is 0.333. The maximum atomic E-state index is 5.44. The van der Waals surface area contributed by atoms with Gasteiger partial charge in [-0.1, -0.05) is 13.3 Å². The van der Waals surface area contributed by atoms with Gasteiger partial charge in [0.2, 0.25) is 0 Å². The van der Waals surface area contributed by atoms with E-state index >= 15 is 0 Å². The zero-order valence-electron chi connectivity index (χ0n) is 7.72. The van der Waals surface area contributed by atoms with Crippen molar-refractivity contribution in [3.63, 3.8) is 0 Å². The molecular weight excluding hydrogens is 148 g/mol. The number of hydrogen-bond acceptors (Lipinski definition) is 2. The van der Waals surface area contributed by atoms with Crippen molar-refractivity contribution in [2.75, 3.05) is 0 Å². The van der Waals surface area contributed by atoms with Gasteiger partial charge in [0.05, 0.1) is 0 Å². The van der Waals surface area contributed by atoms with Gasteiger partial charge in [-0.2, -0.15) is 0 Å². The molecule has 3 atom stereocenters. The Morgan fingerprint density at radius 2 is 2.42 bits per heavy atom. The molecular formula is C10H18N2. The Morgan fingerprint density at radius 1 is 1.67 bits per heavy atom. The van der Waals surface area contributed by atoms with Crippen molar-refractivity contribution in [3.8, 4) is 12.3 Å². The van der Waals surface area contributed by atoms with Crippen LogP contribution in [0.5, 0.6) is 0 Å². The second-order valence-electron chi connectivity index (χ2n) is 3.86. The van der Waals surface area contributed by atoms with Gasteiger partial charge in [0.15, 0.2) is 0 Å². The molecule has 0 aliphatic heterocycles. The third-order valence-electron chi connectivity index (χ3n) is 2.86. The van der Waals surface area contributed by atoms with Crippen LogP contribution in [-0.2, 0) is 0 Å². The van der Waals surface area contributed by atoms with Crippen LogP contribution in [0.2, 0.25) is 0 Å². The molecule has 0 aromatic carbocycles. The summed E-state index contributed by atoms with van der Waals surface area (Å²) in [5.74, 6) is 9.65. The second kappa shape index (κ2) is 4.49. The number of hydrazine groups is 1. The smallest absolute Gasteiger partial charge is 0.0348 e. The van der Waals surface area contributed by atoms with E-state index in [4.69, 9.17) is 12.3 Å².